The summed E-state index contributed by atoms with van der Waals surface area (Å²) in [5.41, 5.74) is 3.48. The molecular weight excluding hydrogens is 414 g/mol. The Morgan fingerprint density at radius 2 is 1.79 bits per heavy atom. The molecule has 1 N–H and O–H groups in total. The largest absolute Gasteiger partial charge is 0.508 e. The summed E-state index contributed by atoms with van der Waals surface area (Å²) in [4.78, 5) is 6.70. The van der Waals surface area contributed by atoms with Gasteiger partial charge in [-0.2, -0.15) is 0 Å². The average Bonchev–Trinajstić information content (AvgIpc) is 3.21. The summed E-state index contributed by atoms with van der Waals surface area (Å²) in [7, 11) is 0. The molecule has 0 atom stereocenters. The third-order valence-electron chi connectivity index (χ3n) is 5.75. The molecule has 7 nitrogen and oxygen atoms in total. The van der Waals surface area contributed by atoms with Gasteiger partial charge in [-0.05, 0) is 54.3 Å². The number of phenols is 1. The Morgan fingerprint density at radius 3 is 2.48 bits per heavy atom. The number of pyridine rings is 1. The molecule has 3 heterocycles. The maximum Gasteiger partial charge on any atom is 0.227 e. The van der Waals surface area contributed by atoms with Crippen molar-refractivity contribution in [2.45, 2.75) is 19.9 Å². The van der Waals surface area contributed by atoms with E-state index >= 15 is 0 Å². The Morgan fingerprint density at radius 1 is 0.970 bits per heavy atom. The fourth-order valence-corrected chi connectivity index (χ4v) is 3.93. The first-order chi connectivity index (χ1) is 16.2. The van der Waals surface area contributed by atoms with E-state index in [2.05, 4.69) is 30.7 Å². The maximum atomic E-state index is 9.52. The van der Waals surface area contributed by atoms with E-state index in [0.29, 0.717) is 12.4 Å². The number of rotatable bonds is 6. The predicted molar refractivity (Wildman–Crippen MR) is 128 cm³/mol. The van der Waals surface area contributed by atoms with E-state index in [1.54, 1.807) is 12.1 Å². The molecule has 166 valence electrons. The Kier molecular flexibility index (Phi) is 5.76. The van der Waals surface area contributed by atoms with Crippen LogP contribution in [0.2, 0.25) is 0 Å². The first kappa shape index (κ1) is 20.8. The number of benzene rings is 2. The van der Waals surface area contributed by atoms with Gasteiger partial charge in [0.05, 0.1) is 6.54 Å². The van der Waals surface area contributed by atoms with Crippen LogP contribution in [0.5, 0.6) is 17.4 Å². The molecule has 1 aliphatic heterocycles. The molecule has 0 radical (unpaired) electrons. The molecule has 5 rings (SSSR count). The highest BCUT2D eigenvalue weighted by atomic mass is 16.5. The van der Waals surface area contributed by atoms with Gasteiger partial charge in [-0.25, -0.2) is 4.98 Å². The SMILES string of the molecule is Cc1nnc(N2CC=C(c3ccc(O)cc3)CC2)n1Cc1ccc(Oc2ccccc2)nc1. The van der Waals surface area contributed by atoms with Crippen LogP contribution >= 0.6 is 0 Å². The van der Waals surface area contributed by atoms with Crippen molar-refractivity contribution in [1.29, 1.82) is 0 Å². The molecule has 0 bridgehead atoms. The topological polar surface area (TPSA) is 76.3 Å². The van der Waals surface area contributed by atoms with Gasteiger partial charge in [0.2, 0.25) is 11.8 Å². The minimum absolute atomic E-state index is 0.287. The second kappa shape index (κ2) is 9.16. The molecule has 2 aromatic heterocycles. The van der Waals surface area contributed by atoms with Crippen LogP contribution in [-0.4, -0.2) is 37.9 Å². The van der Waals surface area contributed by atoms with Crippen molar-refractivity contribution in [3.8, 4) is 17.4 Å². The van der Waals surface area contributed by atoms with Gasteiger partial charge in [0, 0.05) is 25.4 Å². The van der Waals surface area contributed by atoms with Crippen molar-refractivity contribution in [1.82, 2.24) is 19.7 Å². The molecule has 0 unspecified atom stereocenters. The summed E-state index contributed by atoms with van der Waals surface area (Å²) in [6, 6.07) is 20.9. The highest BCUT2D eigenvalue weighted by molar-refractivity contribution is 5.68. The van der Waals surface area contributed by atoms with E-state index in [1.807, 2.05) is 67.7 Å². The summed E-state index contributed by atoms with van der Waals surface area (Å²) in [6.07, 6.45) is 4.96. The zero-order valence-electron chi connectivity index (χ0n) is 18.4. The molecule has 0 saturated carbocycles. The van der Waals surface area contributed by atoms with Crippen molar-refractivity contribution in [3.63, 3.8) is 0 Å². The summed E-state index contributed by atoms with van der Waals surface area (Å²) >= 11 is 0. The molecular formula is C26H25N5O2. The van der Waals surface area contributed by atoms with Crippen molar-refractivity contribution < 1.29 is 9.84 Å². The van der Waals surface area contributed by atoms with Gasteiger partial charge in [-0.3, -0.25) is 4.57 Å². The lowest BCUT2D eigenvalue weighted by molar-refractivity contribution is 0.462. The predicted octanol–water partition coefficient (Wildman–Crippen LogP) is 4.82. The van der Waals surface area contributed by atoms with Gasteiger partial charge in [-0.15, -0.1) is 10.2 Å². The van der Waals surface area contributed by atoms with Crippen LogP contribution in [0.15, 0.2) is 79.0 Å². The quantitative estimate of drug-likeness (QED) is 0.464. The minimum Gasteiger partial charge on any atom is -0.508 e. The van der Waals surface area contributed by atoms with E-state index in [0.717, 1.165) is 48.2 Å². The number of anilines is 1. The Hall–Kier alpha value is -4.13. The molecule has 2 aromatic carbocycles. The molecule has 7 heteroatoms. The molecule has 0 aliphatic carbocycles. The number of hydrogen-bond donors (Lipinski definition) is 1. The van der Waals surface area contributed by atoms with Gasteiger partial charge < -0.3 is 14.7 Å². The molecule has 33 heavy (non-hydrogen) atoms. The van der Waals surface area contributed by atoms with E-state index in [1.165, 1.54) is 5.57 Å². The van der Waals surface area contributed by atoms with Crippen LogP contribution in [0, 0.1) is 6.92 Å². The van der Waals surface area contributed by atoms with Crippen LogP contribution in [0.1, 0.15) is 23.4 Å². The molecule has 0 amide bonds. The number of aromatic hydroxyl groups is 1. The summed E-state index contributed by atoms with van der Waals surface area (Å²) in [5.74, 6) is 3.34. The summed E-state index contributed by atoms with van der Waals surface area (Å²) < 4.78 is 7.91. The number of ether oxygens (including phenoxy) is 1. The van der Waals surface area contributed by atoms with Gasteiger partial charge in [0.1, 0.15) is 17.3 Å². The first-order valence-electron chi connectivity index (χ1n) is 11.0. The zero-order valence-corrected chi connectivity index (χ0v) is 18.4. The summed E-state index contributed by atoms with van der Waals surface area (Å²) in [6.45, 7) is 4.22. The van der Waals surface area contributed by atoms with Crippen molar-refractivity contribution in [2.24, 2.45) is 0 Å². The molecule has 0 fully saturated rings. The molecule has 0 saturated heterocycles. The van der Waals surface area contributed by atoms with Crippen LogP contribution in [0.25, 0.3) is 5.57 Å². The standard InChI is InChI=1S/C26H25N5O2/c1-19-28-29-26(30-15-13-22(14-16-30)21-8-10-23(32)11-9-21)31(19)18-20-7-12-25(27-17-20)33-24-5-3-2-4-6-24/h2-13,17,32H,14-16,18H2,1H3. The zero-order chi connectivity index (χ0) is 22.6. The van der Waals surface area contributed by atoms with Crippen LogP contribution in [-0.2, 0) is 6.54 Å². The maximum absolute atomic E-state index is 9.52. The van der Waals surface area contributed by atoms with E-state index in [9.17, 15) is 5.11 Å². The molecule has 0 spiro atoms. The average molecular weight is 440 g/mol. The van der Waals surface area contributed by atoms with Crippen LogP contribution in [0.3, 0.4) is 0 Å². The van der Waals surface area contributed by atoms with Crippen molar-refractivity contribution in [3.05, 3.63) is 96.0 Å². The number of aromatic nitrogens is 4. The smallest absolute Gasteiger partial charge is 0.227 e. The van der Waals surface area contributed by atoms with Gasteiger partial charge in [0.15, 0.2) is 0 Å². The fourth-order valence-electron chi connectivity index (χ4n) is 3.93. The van der Waals surface area contributed by atoms with Crippen molar-refractivity contribution >= 4 is 11.5 Å². The number of aryl methyl sites for hydroxylation is 1. The lowest BCUT2D eigenvalue weighted by atomic mass is 9.99. The highest BCUT2D eigenvalue weighted by Crippen LogP contribution is 2.27. The Labute approximate surface area is 192 Å². The highest BCUT2D eigenvalue weighted by Gasteiger charge is 2.20. The van der Waals surface area contributed by atoms with Crippen LogP contribution in [0.4, 0.5) is 5.95 Å². The third-order valence-corrected chi connectivity index (χ3v) is 5.75. The fraction of sp³-hybridized carbons (Fsp3) is 0.192. The number of phenolic OH excluding ortho intramolecular Hbond substituents is 1. The third kappa shape index (κ3) is 4.72. The minimum atomic E-state index is 0.287. The van der Waals surface area contributed by atoms with E-state index in [4.69, 9.17) is 4.74 Å². The Bertz CT molecular complexity index is 1250. The number of hydrogen-bond acceptors (Lipinski definition) is 6. The summed E-state index contributed by atoms with van der Waals surface area (Å²) in [5, 5.41) is 18.3. The van der Waals surface area contributed by atoms with E-state index < -0.39 is 0 Å². The van der Waals surface area contributed by atoms with Crippen LogP contribution < -0.4 is 9.64 Å². The Balaban J connectivity index is 1.28. The lowest BCUT2D eigenvalue weighted by Gasteiger charge is -2.28. The number of nitrogens with zero attached hydrogens (tertiary/aromatic N) is 5. The second-order valence-corrected chi connectivity index (χ2v) is 8.03. The van der Waals surface area contributed by atoms with Gasteiger partial charge in [0.25, 0.3) is 0 Å². The van der Waals surface area contributed by atoms with E-state index in [-0.39, 0.29) is 5.75 Å². The lowest BCUT2D eigenvalue weighted by Crippen LogP contribution is -2.31. The molecule has 1 aliphatic rings. The monoisotopic (exact) mass is 439 g/mol. The first-order valence-corrected chi connectivity index (χ1v) is 11.0. The molecule has 4 aromatic rings. The van der Waals surface area contributed by atoms with Gasteiger partial charge in [-0.1, -0.05) is 42.5 Å². The van der Waals surface area contributed by atoms with Gasteiger partial charge >= 0.3 is 0 Å². The number of para-hydroxylation sites is 1. The normalized spacial score (nSPS) is 13.6. The van der Waals surface area contributed by atoms with Crippen molar-refractivity contribution in [2.75, 3.05) is 18.0 Å². The second-order valence-electron chi connectivity index (χ2n) is 8.03.